The number of urea groups is 1. The number of likely N-dealkylation sites (tertiary alicyclic amines) is 1. The predicted molar refractivity (Wildman–Crippen MR) is 107 cm³/mol. The number of carbonyl (C=O) groups excluding carboxylic acids is 2. The molecule has 2 saturated heterocycles. The van der Waals surface area contributed by atoms with Gasteiger partial charge in [-0.15, -0.1) is 0 Å². The second kappa shape index (κ2) is 9.23. The van der Waals surface area contributed by atoms with Crippen LogP contribution in [-0.2, 0) is 4.79 Å². The van der Waals surface area contributed by atoms with Crippen molar-refractivity contribution in [3.8, 4) is 0 Å². The molecule has 1 aromatic rings. The lowest BCUT2D eigenvalue weighted by molar-refractivity contribution is -0.140. The third-order valence-electron chi connectivity index (χ3n) is 5.28. The molecule has 0 saturated carbocycles. The molecule has 0 bridgehead atoms. The van der Waals surface area contributed by atoms with Crippen molar-refractivity contribution in [2.24, 2.45) is 5.92 Å². The van der Waals surface area contributed by atoms with Crippen LogP contribution in [0.4, 0.5) is 23.7 Å². The number of anilines is 1. The number of hydrogen-bond acceptors (Lipinski definition) is 3. The van der Waals surface area contributed by atoms with Crippen molar-refractivity contribution in [3.63, 3.8) is 0 Å². The highest BCUT2D eigenvalue weighted by molar-refractivity contribution is 9.10. The van der Waals surface area contributed by atoms with Gasteiger partial charge in [-0.3, -0.25) is 4.79 Å². The highest BCUT2D eigenvalue weighted by Gasteiger charge is 2.36. The van der Waals surface area contributed by atoms with Crippen molar-refractivity contribution in [2.75, 3.05) is 37.6 Å². The van der Waals surface area contributed by atoms with Gasteiger partial charge in [0.05, 0.1) is 0 Å². The van der Waals surface area contributed by atoms with Crippen LogP contribution in [0.5, 0.6) is 0 Å². The third kappa shape index (κ3) is 6.01. The van der Waals surface area contributed by atoms with Crippen LogP contribution in [0.2, 0.25) is 0 Å². The Hall–Kier alpha value is -1.97. The fourth-order valence-electron chi connectivity index (χ4n) is 3.83. The lowest BCUT2D eigenvalue weighted by atomic mass is 10.1. The Kier molecular flexibility index (Phi) is 6.92. The molecule has 29 heavy (non-hydrogen) atoms. The monoisotopic (exact) mass is 476 g/mol. The Labute approximate surface area is 175 Å². The average molecular weight is 477 g/mol. The van der Waals surface area contributed by atoms with E-state index in [9.17, 15) is 22.8 Å². The number of nitrogens with one attached hydrogen (secondary N) is 2. The molecule has 6 nitrogen and oxygen atoms in total. The number of nitrogens with zero attached hydrogens (tertiary/aromatic N) is 2. The highest BCUT2D eigenvalue weighted by atomic mass is 79.9. The molecular weight excluding hydrogens is 453 g/mol. The van der Waals surface area contributed by atoms with E-state index in [0.29, 0.717) is 25.9 Å². The number of alkyl halides is 3. The molecule has 3 rings (SSSR count). The summed E-state index contributed by atoms with van der Waals surface area (Å²) in [7, 11) is 0. The average Bonchev–Trinajstić information content (AvgIpc) is 3.33. The summed E-state index contributed by atoms with van der Waals surface area (Å²) < 4.78 is 38.0. The van der Waals surface area contributed by atoms with E-state index in [4.69, 9.17) is 0 Å². The topological polar surface area (TPSA) is 64.7 Å². The van der Waals surface area contributed by atoms with Crippen LogP contribution in [0.1, 0.15) is 19.3 Å². The summed E-state index contributed by atoms with van der Waals surface area (Å²) in [5.74, 6) is -0.477. The molecule has 1 aromatic carbocycles. The summed E-state index contributed by atoms with van der Waals surface area (Å²) in [5.41, 5.74) is 1.12. The molecule has 160 valence electrons. The fourth-order valence-corrected chi connectivity index (χ4v) is 4.21. The van der Waals surface area contributed by atoms with Crippen molar-refractivity contribution < 1.29 is 22.8 Å². The van der Waals surface area contributed by atoms with Crippen LogP contribution < -0.4 is 15.5 Å². The number of rotatable bonds is 5. The summed E-state index contributed by atoms with van der Waals surface area (Å²) in [6.07, 6.45) is -2.57. The van der Waals surface area contributed by atoms with Crippen LogP contribution in [-0.4, -0.2) is 61.8 Å². The van der Waals surface area contributed by atoms with Gasteiger partial charge in [0.15, 0.2) is 0 Å². The first-order valence-electron chi connectivity index (χ1n) is 9.62. The Morgan fingerprint density at radius 3 is 2.69 bits per heavy atom. The Morgan fingerprint density at radius 2 is 1.97 bits per heavy atom. The Balaban J connectivity index is 1.47. The van der Waals surface area contributed by atoms with Gasteiger partial charge in [-0.2, -0.15) is 13.2 Å². The molecule has 0 spiro atoms. The maximum absolute atomic E-state index is 12.5. The molecule has 0 aliphatic carbocycles. The molecule has 0 radical (unpaired) electrons. The Morgan fingerprint density at radius 1 is 1.17 bits per heavy atom. The van der Waals surface area contributed by atoms with Gasteiger partial charge in [0.2, 0.25) is 5.91 Å². The molecule has 2 atom stereocenters. The number of carbonyl (C=O) groups is 2. The minimum atomic E-state index is -4.47. The van der Waals surface area contributed by atoms with E-state index in [0.717, 1.165) is 29.7 Å². The van der Waals surface area contributed by atoms with E-state index in [1.54, 1.807) is 0 Å². The maximum Gasteiger partial charge on any atom is 0.405 e. The SMILES string of the molecule is O=C(NCC(F)(F)F)C1CCCN1C(=O)NCC1CCN(c2cccc(Br)c2)C1. The van der Waals surface area contributed by atoms with Crippen LogP contribution in [0.25, 0.3) is 0 Å². The van der Waals surface area contributed by atoms with Crippen molar-refractivity contribution in [2.45, 2.75) is 31.5 Å². The fraction of sp³-hybridized carbons (Fsp3) is 0.579. The number of hydrogen-bond donors (Lipinski definition) is 2. The van der Waals surface area contributed by atoms with Crippen molar-refractivity contribution in [3.05, 3.63) is 28.7 Å². The molecule has 10 heteroatoms. The van der Waals surface area contributed by atoms with Gasteiger partial charge < -0.3 is 20.4 Å². The standard InChI is InChI=1S/C19H24BrF3N4O2/c20-14-3-1-4-15(9-14)26-8-6-13(11-26)10-24-18(29)27-7-2-5-16(27)17(28)25-12-19(21,22)23/h1,3-4,9,13,16H,2,5-8,10-12H2,(H,24,29)(H,25,28). The van der Waals surface area contributed by atoms with Gasteiger partial charge in [-0.25, -0.2) is 4.79 Å². The van der Waals surface area contributed by atoms with E-state index in [1.807, 2.05) is 23.5 Å². The van der Waals surface area contributed by atoms with E-state index in [1.165, 1.54) is 4.90 Å². The normalized spacial score (nSPS) is 22.1. The van der Waals surface area contributed by atoms with Gasteiger partial charge in [0.25, 0.3) is 0 Å². The molecule has 0 aromatic heterocycles. The minimum absolute atomic E-state index is 0.276. The largest absolute Gasteiger partial charge is 0.405 e. The molecule has 2 unspecified atom stereocenters. The summed E-state index contributed by atoms with van der Waals surface area (Å²) in [6.45, 7) is 1.15. The second-order valence-corrected chi connectivity index (χ2v) is 8.37. The molecular formula is C19H24BrF3N4O2. The van der Waals surface area contributed by atoms with Crippen LogP contribution in [0, 0.1) is 5.92 Å². The number of benzene rings is 1. The van der Waals surface area contributed by atoms with E-state index in [2.05, 4.69) is 32.2 Å². The van der Waals surface area contributed by atoms with E-state index < -0.39 is 30.7 Å². The first kappa shape index (κ1) is 21.7. The molecule has 2 N–H and O–H groups in total. The minimum Gasteiger partial charge on any atom is -0.371 e. The predicted octanol–water partition coefficient (Wildman–Crippen LogP) is 3.13. The van der Waals surface area contributed by atoms with Crippen LogP contribution in [0.3, 0.4) is 0 Å². The lowest BCUT2D eigenvalue weighted by Gasteiger charge is -2.25. The molecule has 2 heterocycles. The summed E-state index contributed by atoms with van der Waals surface area (Å²) in [4.78, 5) is 28.2. The summed E-state index contributed by atoms with van der Waals surface area (Å²) in [5, 5.41) is 4.73. The van der Waals surface area contributed by atoms with Crippen molar-refractivity contribution in [1.82, 2.24) is 15.5 Å². The van der Waals surface area contributed by atoms with Gasteiger partial charge in [0.1, 0.15) is 12.6 Å². The van der Waals surface area contributed by atoms with Crippen molar-refractivity contribution in [1.29, 1.82) is 0 Å². The zero-order chi connectivity index (χ0) is 21.0. The molecule has 2 aliphatic rings. The molecule has 3 amide bonds. The van der Waals surface area contributed by atoms with Gasteiger partial charge in [-0.1, -0.05) is 22.0 Å². The van der Waals surface area contributed by atoms with Crippen molar-refractivity contribution >= 4 is 33.6 Å². The first-order chi connectivity index (χ1) is 13.7. The molecule has 2 aliphatic heterocycles. The number of halogens is 4. The molecule has 2 fully saturated rings. The van der Waals surface area contributed by atoms with E-state index >= 15 is 0 Å². The first-order valence-corrected chi connectivity index (χ1v) is 10.4. The van der Waals surface area contributed by atoms with Crippen LogP contribution in [0.15, 0.2) is 28.7 Å². The van der Waals surface area contributed by atoms with Gasteiger partial charge in [0, 0.05) is 36.3 Å². The van der Waals surface area contributed by atoms with Gasteiger partial charge in [-0.05, 0) is 43.4 Å². The summed E-state index contributed by atoms with van der Waals surface area (Å²) >= 11 is 3.47. The Bertz CT molecular complexity index is 746. The third-order valence-corrected chi connectivity index (χ3v) is 5.77. The quantitative estimate of drug-likeness (QED) is 0.685. The van der Waals surface area contributed by atoms with E-state index in [-0.39, 0.29) is 5.92 Å². The highest BCUT2D eigenvalue weighted by Crippen LogP contribution is 2.26. The lowest BCUT2D eigenvalue weighted by Crippen LogP contribution is -2.51. The zero-order valence-corrected chi connectivity index (χ0v) is 17.4. The number of amides is 3. The van der Waals surface area contributed by atoms with Gasteiger partial charge >= 0.3 is 12.2 Å². The summed E-state index contributed by atoms with van der Waals surface area (Å²) in [6, 6.07) is 6.80. The van der Waals surface area contributed by atoms with Crippen LogP contribution >= 0.6 is 15.9 Å². The smallest absolute Gasteiger partial charge is 0.371 e. The maximum atomic E-state index is 12.5. The zero-order valence-electron chi connectivity index (χ0n) is 15.8. The second-order valence-electron chi connectivity index (χ2n) is 7.45.